The molecule has 1 aliphatic rings. The van der Waals surface area contributed by atoms with Crippen molar-refractivity contribution in [1.29, 1.82) is 0 Å². The van der Waals surface area contributed by atoms with Gasteiger partial charge in [-0.25, -0.2) is 0 Å². The van der Waals surface area contributed by atoms with Crippen LogP contribution in [0.25, 0.3) is 11.1 Å². The maximum atomic E-state index is 6.33. The Morgan fingerprint density at radius 2 is 1.89 bits per heavy atom. The molecule has 27 heavy (non-hydrogen) atoms. The number of nitrogens with zero attached hydrogens (tertiary/aromatic N) is 1. The van der Waals surface area contributed by atoms with Gasteiger partial charge in [-0.1, -0.05) is 41.4 Å². The van der Waals surface area contributed by atoms with E-state index < -0.39 is 0 Å². The van der Waals surface area contributed by atoms with Crippen LogP contribution in [-0.2, 0) is 12.1 Å². The second-order valence-corrected chi connectivity index (χ2v) is 7.64. The van der Waals surface area contributed by atoms with Crippen LogP contribution in [0.15, 0.2) is 60.9 Å². The van der Waals surface area contributed by atoms with Crippen LogP contribution in [0.5, 0.6) is 5.75 Å². The molecule has 1 fully saturated rings. The van der Waals surface area contributed by atoms with Gasteiger partial charge in [-0.05, 0) is 59.9 Å². The molecule has 4 rings (SSSR count). The van der Waals surface area contributed by atoms with Crippen molar-refractivity contribution in [1.82, 2.24) is 10.3 Å². The van der Waals surface area contributed by atoms with Crippen molar-refractivity contribution in [2.75, 3.05) is 7.11 Å². The summed E-state index contributed by atoms with van der Waals surface area (Å²) in [6.45, 7) is 0.652. The summed E-state index contributed by atoms with van der Waals surface area (Å²) in [4.78, 5) is 4.39. The monoisotopic (exact) mass is 398 g/mol. The lowest BCUT2D eigenvalue weighted by Gasteiger charge is -2.22. The number of rotatable bonds is 6. The molecule has 3 aromatic rings. The van der Waals surface area contributed by atoms with Gasteiger partial charge in [-0.3, -0.25) is 4.98 Å². The van der Waals surface area contributed by atoms with E-state index in [4.69, 9.17) is 27.9 Å². The van der Waals surface area contributed by atoms with Crippen LogP contribution in [0.4, 0.5) is 0 Å². The van der Waals surface area contributed by atoms with E-state index in [0.29, 0.717) is 11.6 Å². The minimum Gasteiger partial charge on any atom is -0.496 e. The van der Waals surface area contributed by atoms with E-state index in [1.807, 2.05) is 42.7 Å². The molecule has 0 spiro atoms. The first-order valence-corrected chi connectivity index (χ1v) is 9.65. The van der Waals surface area contributed by atoms with Gasteiger partial charge in [0.05, 0.1) is 7.11 Å². The Balaban J connectivity index is 1.66. The summed E-state index contributed by atoms with van der Waals surface area (Å²) >= 11 is 12.5. The van der Waals surface area contributed by atoms with E-state index >= 15 is 0 Å². The molecule has 0 aliphatic heterocycles. The van der Waals surface area contributed by atoms with Crippen molar-refractivity contribution in [3.63, 3.8) is 0 Å². The summed E-state index contributed by atoms with van der Waals surface area (Å²) in [5.74, 6) is 0.860. The molecule has 138 valence electrons. The third-order valence-electron chi connectivity index (χ3n) is 5.11. The zero-order valence-electron chi connectivity index (χ0n) is 15.0. The van der Waals surface area contributed by atoms with Crippen LogP contribution in [0, 0.1) is 0 Å². The standard InChI is InChI=1S/C22H20Cl2N2O/c1-27-21-5-3-2-4-18(21)17-8-11-25-14-19(17)22(9-10-22)26-13-15-12-16(23)6-7-20(15)24/h2-8,11-12,14,26H,9-10,13H2,1H3. The number of nitrogens with one attached hydrogen (secondary N) is 1. The van der Waals surface area contributed by atoms with Gasteiger partial charge in [0.1, 0.15) is 5.75 Å². The van der Waals surface area contributed by atoms with Crippen molar-refractivity contribution in [2.45, 2.75) is 24.9 Å². The highest BCUT2D eigenvalue weighted by molar-refractivity contribution is 6.33. The van der Waals surface area contributed by atoms with Crippen molar-refractivity contribution in [3.05, 3.63) is 82.1 Å². The van der Waals surface area contributed by atoms with Gasteiger partial charge in [0.15, 0.2) is 0 Å². The average molecular weight is 399 g/mol. The average Bonchev–Trinajstić information content (AvgIpc) is 3.50. The van der Waals surface area contributed by atoms with Gasteiger partial charge in [0, 0.05) is 40.1 Å². The molecule has 3 nitrogen and oxygen atoms in total. The number of aromatic nitrogens is 1. The summed E-state index contributed by atoms with van der Waals surface area (Å²) < 4.78 is 5.57. The fraction of sp³-hybridized carbons (Fsp3) is 0.227. The Morgan fingerprint density at radius 3 is 2.67 bits per heavy atom. The van der Waals surface area contributed by atoms with E-state index in [9.17, 15) is 0 Å². The highest BCUT2D eigenvalue weighted by atomic mass is 35.5. The molecular weight excluding hydrogens is 379 g/mol. The topological polar surface area (TPSA) is 34.1 Å². The first-order chi connectivity index (χ1) is 13.1. The molecule has 0 radical (unpaired) electrons. The Kier molecular flexibility index (Phi) is 5.09. The molecular formula is C22H20Cl2N2O. The second-order valence-electron chi connectivity index (χ2n) is 6.79. The molecule has 1 aliphatic carbocycles. The fourth-order valence-corrected chi connectivity index (χ4v) is 3.87. The zero-order valence-corrected chi connectivity index (χ0v) is 16.5. The molecule has 0 saturated heterocycles. The highest BCUT2D eigenvalue weighted by Gasteiger charge is 2.45. The van der Waals surface area contributed by atoms with Gasteiger partial charge < -0.3 is 10.1 Å². The number of pyridine rings is 1. The molecule has 0 atom stereocenters. The molecule has 0 unspecified atom stereocenters. The SMILES string of the molecule is COc1ccccc1-c1ccncc1C1(NCc2cc(Cl)ccc2Cl)CC1. The smallest absolute Gasteiger partial charge is 0.126 e. The summed E-state index contributed by atoms with van der Waals surface area (Å²) in [6, 6.07) is 15.7. The minimum atomic E-state index is -0.101. The van der Waals surface area contributed by atoms with E-state index in [-0.39, 0.29) is 5.54 Å². The van der Waals surface area contributed by atoms with Crippen LogP contribution in [-0.4, -0.2) is 12.1 Å². The summed E-state index contributed by atoms with van der Waals surface area (Å²) in [5, 5.41) is 5.11. The highest BCUT2D eigenvalue weighted by Crippen LogP contribution is 2.49. The number of hydrogen-bond donors (Lipinski definition) is 1. The van der Waals surface area contributed by atoms with Crippen LogP contribution in [0.1, 0.15) is 24.0 Å². The van der Waals surface area contributed by atoms with Gasteiger partial charge in [-0.15, -0.1) is 0 Å². The van der Waals surface area contributed by atoms with E-state index in [0.717, 1.165) is 40.3 Å². The molecule has 1 saturated carbocycles. The van der Waals surface area contributed by atoms with E-state index in [1.54, 1.807) is 13.2 Å². The van der Waals surface area contributed by atoms with Crippen LogP contribution >= 0.6 is 23.2 Å². The van der Waals surface area contributed by atoms with Gasteiger partial charge in [0.2, 0.25) is 0 Å². The van der Waals surface area contributed by atoms with Crippen LogP contribution in [0.2, 0.25) is 10.0 Å². The Morgan fingerprint density at radius 1 is 1.07 bits per heavy atom. The fourth-order valence-electron chi connectivity index (χ4n) is 3.49. The summed E-state index contributed by atoms with van der Waals surface area (Å²) in [7, 11) is 1.70. The van der Waals surface area contributed by atoms with Gasteiger partial charge in [0.25, 0.3) is 0 Å². The van der Waals surface area contributed by atoms with Gasteiger partial charge in [-0.2, -0.15) is 0 Å². The van der Waals surface area contributed by atoms with Crippen molar-refractivity contribution in [2.24, 2.45) is 0 Å². The third-order valence-corrected chi connectivity index (χ3v) is 5.71. The van der Waals surface area contributed by atoms with E-state index in [2.05, 4.69) is 22.4 Å². The van der Waals surface area contributed by atoms with E-state index in [1.165, 1.54) is 5.56 Å². The molecule has 1 heterocycles. The minimum absolute atomic E-state index is 0.101. The number of para-hydroxylation sites is 1. The maximum Gasteiger partial charge on any atom is 0.126 e. The zero-order chi connectivity index (χ0) is 18.9. The lowest BCUT2D eigenvalue weighted by molar-refractivity contribution is 0.416. The molecule has 0 amide bonds. The van der Waals surface area contributed by atoms with Crippen LogP contribution in [0.3, 0.4) is 0 Å². The van der Waals surface area contributed by atoms with Gasteiger partial charge >= 0.3 is 0 Å². The largest absolute Gasteiger partial charge is 0.496 e. The second kappa shape index (κ2) is 7.51. The third kappa shape index (κ3) is 3.68. The first kappa shape index (κ1) is 18.3. The molecule has 1 N–H and O–H groups in total. The van der Waals surface area contributed by atoms with Crippen molar-refractivity contribution >= 4 is 23.2 Å². The normalized spacial score (nSPS) is 14.8. The Labute approximate surface area is 169 Å². The first-order valence-electron chi connectivity index (χ1n) is 8.90. The quantitative estimate of drug-likeness (QED) is 0.565. The lowest BCUT2D eigenvalue weighted by atomic mass is 9.94. The summed E-state index contributed by atoms with van der Waals surface area (Å²) in [5.41, 5.74) is 4.30. The predicted octanol–water partition coefficient (Wildman–Crippen LogP) is 5.84. The molecule has 5 heteroatoms. The Hall–Kier alpha value is -2.07. The number of ether oxygens (including phenoxy) is 1. The molecule has 2 aromatic carbocycles. The van der Waals surface area contributed by atoms with Crippen LogP contribution < -0.4 is 10.1 Å². The number of halogens is 2. The predicted molar refractivity (Wildman–Crippen MR) is 110 cm³/mol. The van der Waals surface area contributed by atoms with Crippen molar-refractivity contribution < 1.29 is 4.74 Å². The molecule has 1 aromatic heterocycles. The summed E-state index contributed by atoms with van der Waals surface area (Å²) in [6.07, 6.45) is 5.90. The lowest BCUT2D eigenvalue weighted by Crippen LogP contribution is -2.29. The van der Waals surface area contributed by atoms with Crippen molar-refractivity contribution in [3.8, 4) is 16.9 Å². The number of benzene rings is 2. The number of hydrogen-bond acceptors (Lipinski definition) is 3. The number of methoxy groups -OCH3 is 1. The maximum absolute atomic E-state index is 6.33. The molecule has 0 bridgehead atoms. The Bertz CT molecular complexity index is 970.